The first-order valence-electron chi connectivity index (χ1n) is 8.69. The van der Waals surface area contributed by atoms with Crippen LogP contribution in [0.3, 0.4) is 0 Å². The van der Waals surface area contributed by atoms with Gasteiger partial charge in [0, 0.05) is 19.6 Å². The highest BCUT2D eigenvalue weighted by molar-refractivity contribution is 7.89. The van der Waals surface area contributed by atoms with E-state index in [9.17, 15) is 8.42 Å². The van der Waals surface area contributed by atoms with Crippen LogP contribution in [0.4, 0.5) is 5.13 Å². The lowest BCUT2D eigenvalue weighted by atomic mass is 10.1. The van der Waals surface area contributed by atoms with Gasteiger partial charge in [-0.2, -0.15) is 4.31 Å². The Morgan fingerprint density at radius 2 is 1.76 bits per heavy atom. The Balaban J connectivity index is 1.59. The molecule has 8 heteroatoms. The van der Waals surface area contributed by atoms with E-state index in [0.29, 0.717) is 18.0 Å². The second-order valence-electron chi connectivity index (χ2n) is 6.27. The van der Waals surface area contributed by atoms with Crippen LogP contribution in [0.25, 0.3) is 0 Å². The quantitative estimate of drug-likeness (QED) is 0.833. The minimum absolute atomic E-state index is 0.394. The fourth-order valence-corrected chi connectivity index (χ4v) is 5.08. The summed E-state index contributed by atoms with van der Waals surface area (Å²) < 4.78 is 27.1. The third kappa shape index (κ3) is 4.77. The molecule has 0 atom stereocenters. The van der Waals surface area contributed by atoms with Gasteiger partial charge in [-0.05, 0) is 43.9 Å². The molecule has 2 heterocycles. The van der Waals surface area contributed by atoms with E-state index in [1.807, 2.05) is 19.1 Å². The van der Waals surface area contributed by atoms with Crippen molar-refractivity contribution >= 4 is 26.5 Å². The Morgan fingerprint density at radius 3 is 2.36 bits per heavy atom. The van der Waals surface area contributed by atoms with Crippen molar-refractivity contribution in [3.05, 3.63) is 34.8 Å². The second kappa shape index (κ2) is 8.25. The summed E-state index contributed by atoms with van der Waals surface area (Å²) in [6.45, 7) is 3.93. The summed E-state index contributed by atoms with van der Waals surface area (Å²) in [4.78, 5) is 0.394. The standard InChI is InChI=1S/C17H24N4O2S2/c1-14-19-20-17(24-14)18-11-10-15-6-8-16(9-7-15)25(22,23)21-12-4-2-3-5-13-21/h6-9H,2-5,10-13H2,1H3,(H,18,20). The highest BCUT2D eigenvalue weighted by atomic mass is 32.2. The lowest BCUT2D eigenvalue weighted by Crippen LogP contribution is -2.31. The van der Waals surface area contributed by atoms with Gasteiger partial charge in [0.2, 0.25) is 15.2 Å². The largest absolute Gasteiger partial charge is 0.360 e. The number of aromatic nitrogens is 2. The van der Waals surface area contributed by atoms with Gasteiger partial charge in [0.15, 0.2) is 0 Å². The van der Waals surface area contributed by atoms with Gasteiger partial charge in [0.05, 0.1) is 4.90 Å². The molecule has 0 bridgehead atoms. The SMILES string of the molecule is Cc1nnc(NCCc2ccc(S(=O)(=O)N3CCCCCC3)cc2)s1. The van der Waals surface area contributed by atoms with Crippen molar-refractivity contribution in [3.63, 3.8) is 0 Å². The van der Waals surface area contributed by atoms with E-state index in [1.54, 1.807) is 16.4 Å². The van der Waals surface area contributed by atoms with Crippen LogP contribution < -0.4 is 5.32 Å². The van der Waals surface area contributed by atoms with Crippen molar-refractivity contribution in [2.75, 3.05) is 25.0 Å². The monoisotopic (exact) mass is 380 g/mol. The van der Waals surface area contributed by atoms with Gasteiger partial charge in [-0.25, -0.2) is 8.42 Å². The summed E-state index contributed by atoms with van der Waals surface area (Å²) in [5.41, 5.74) is 1.10. The number of hydrogen-bond acceptors (Lipinski definition) is 6. The molecule has 0 amide bonds. The first-order chi connectivity index (χ1) is 12.1. The molecule has 1 aliphatic rings. The summed E-state index contributed by atoms with van der Waals surface area (Å²) in [5, 5.41) is 13.0. The topological polar surface area (TPSA) is 75.2 Å². The van der Waals surface area contributed by atoms with Gasteiger partial charge in [-0.1, -0.05) is 36.3 Å². The van der Waals surface area contributed by atoms with E-state index >= 15 is 0 Å². The first-order valence-corrected chi connectivity index (χ1v) is 10.9. The summed E-state index contributed by atoms with van der Waals surface area (Å²) in [6.07, 6.45) is 4.95. The van der Waals surface area contributed by atoms with Crippen LogP contribution in [-0.2, 0) is 16.4 Å². The number of sulfonamides is 1. The zero-order valence-electron chi connectivity index (χ0n) is 14.4. The maximum absolute atomic E-state index is 12.8. The van der Waals surface area contributed by atoms with Crippen LogP contribution in [0.2, 0.25) is 0 Å². The van der Waals surface area contributed by atoms with E-state index in [2.05, 4.69) is 15.5 Å². The number of nitrogens with zero attached hydrogens (tertiary/aromatic N) is 3. The van der Waals surface area contributed by atoms with Crippen molar-refractivity contribution in [1.82, 2.24) is 14.5 Å². The molecule has 1 saturated heterocycles. The Bertz CT molecular complexity index is 779. The van der Waals surface area contributed by atoms with Gasteiger partial charge < -0.3 is 5.32 Å². The number of anilines is 1. The molecule has 1 aromatic heterocycles. The highest BCUT2D eigenvalue weighted by Gasteiger charge is 2.24. The average Bonchev–Trinajstić information content (AvgIpc) is 2.85. The molecule has 0 radical (unpaired) electrons. The van der Waals surface area contributed by atoms with Crippen LogP contribution in [0.5, 0.6) is 0 Å². The molecule has 2 aromatic rings. The predicted octanol–water partition coefficient (Wildman–Crippen LogP) is 3.07. The van der Waals surface area contributed by atoms with Crippen molar-refractivity contribution in [2.45, 2.75) is 43.9 Å². The van der Waals surface area contributed by atoms with Gasteiger partial charge in [-0.3, -0.25) is 0 Å². The van der Waals surface area contributed by atoms with Crippen LogP contribution in [0, 0.1) is 6.92 Å². The summed E-state index contributed by atoms with van der Waals surface area (Å²) in [5.74, 6) is 0. The van der Waals surface area contributed by atoms with E-state index in [-0.39, 0.29) is 0 Å². The molecule has 0 saturated carbocycles. The van der Waals surface area contributed by atoms with Crippen molar-refractivity contribution in [2.24, 2.45) is 0 Å². The van der Waals surface area contributed by atoms with Crippen LogP contribution >= 0.6 is 11.3 Å². The molecule has 1 N–H and O–H groups in total. The number of nitrogens with one attached hydrogen (secondary N) is 1. The molecule has 0 aliphatic carbocycles. The normalized spacial score (nSPS) is 16.5. The summed E-state index contributed by atoms with van der Waals surface area (Å²) in [6, 6.07) is 7.25. The average molecular weight is 381 g/mol. The van der Waals surface area contributed by atoms with Gasteiger partial charge in [0.1, 0.15) is 5.01 Å². The van der Waals surface area contributed by atoms with E-state index in [4.69, 9.17) is 0 Å². The molecule has 1 aliphatic heterocycles. The lowest BCUT2D eigenvalue weighted by Gasteiger charge is -2.20. The van der Waals surface area contributed by atoms with E-state index in [1.165, 1.54) is 11.3 Å². The molecule has 1 fully saturated rings. The molecule has 0 unspecified atom stereocenters. The maximum atomic E-state index is 12.8. The summed E-state index contributed by atoms with van der Waals surface area (Å²) >= 11 is 1.53. The predicted molar refractivity (Wildman–Crippen MR) is 101 cm³/mol. The first kappa shape index (κ1) is 18.3. The van der Waals surface area contributed by atoms with E-state index < -0.39 is 10.0 Å². The minimum Gasteiger partial charge on any atom is -0.360 e. The van der Waals surface area contributed by atoms with Crippen molar-refractivity contribution < 1.29 is 8.42 Å². The molecular weight excluding hydrogens is 356 g/mol. The fourth-order valence-electron chi connectivity index (χ4n) is 2.94. The Kier molecular flexibility index (Phi) is 6.03. The van der Waals surface area contributed by atoms with Crippen molar-refractivity contribution in [1.29, 1.82) is 0 Å². The minimum atomic E-state index is -3.36. The maximum Gasteiger partial charge on any atom is 0.243 e. The molecule has 3 rings (SSSR count). The summed E-state index contributed by atoms with van der Waals surface area (Å²) in [7, 11) is -3.36. The van der Waals surface area contributed by atoms with Gasteiger partial charge >= 0.3 is 0 Å². The van der Waals surface area contributed by atoms with Gasteiger partial charge in [-0.15, -0.1) is 10.2 Å². The van der Waals surface area contributed by atoms with Crippen LogP contribution in [-0.4, -0.2) is 42.6 Å². The Hall–Kier alpha value is -1.51. The second-order valence-corrected chi connectivity index (χ2v) is 9.38. The zero-order valence-corrected chi connectivity index (χ0v) is 16.1. The third-order valence-corrected chi connectivity index (χ3v) is 7.05. The number of hydrogen-bond donors (Lipinski definition) is 1. The van der Waals surface area contributed by atoms with Gasteiger partial charge in [0.25, 0.3) is 0 Å². The highest BCUT2D eigenvalue weighted by Crippen LogP contribution is 2.21. The number of aryl methyl sites for hydroxylation is 1. The molecule has 136 valence electrons. The number of benzene rings is 1. The lowest BCUT2D eigenvalue weighted by molar-refractivity contribution is 0.423. The zero-order chi connectivity index (χ0) is 17.7. The molecular formula is C17H24N4O2S2. The molecule has 25 heavy (non-hydrogen) atoms. The van der Waals surface area contributed by atoms with Crippen LogP contribution in [0.1, 0.15) is 36.3 Å². The van der Waals surface area contributed by atoms with Crippen molar-refractivity contribution in [3.8, 4) is 0 Å². The molecule has 0 spiro atoms. The van der Waals surface area contributed by atoms with Crippen LogP contribution in [0.15, 0.2) is 29.2 Å². The number of rotatable bonds is 6. The third-order valence-electron chi connectivity index (χ3n) is 4.34. The fraction of sp³-hybridized carbons (Fsp3) is 0.529. The smallest absolute Gasteiger partial charge is 0.243 e. The Labute approximate surface area is 153 Å². The molecule has 1 aromatic carbocycles. The van der Waals surface area contributed by atoms with E-state index in [0.717, 1.165) is 54.4 Å². The Morgan fingerprint density at radius 1 is 1.08 bits per heavy atom. The molecule has 6 nitrogen and oxygen atoms in total.